The second kappa shape index (κ2) is 4.75. The predicted molar refractivity (Wildman–Crippen MR) is 73.0 cm³/mol. The Hall–Kier alpha value is -1.55. The van der Waals surface area contributed by atoms with E-state index >= 15 is 0 Å². The van der Waals surface area contributed by atoms with Crippen LogP contribution in [0.25, 0.3) is 0 Å². The first-order chi connectivity index (χ1) is 8.04. The Labute approximate surface area is 108 Å². The summed E-state index contributed by atoms with van der Waals surface area (Å²) in [4.78, 5) is 0. The largest absolute Gasteiger partial charge is 0.399 e. The van der Waals surface area contributed by atoms with Crippen molar-refractivity contribution in [1.82, 2.24) is 0 Å². The van der Waals surface area contributed by atoms with E-state index in [0.29, 0.717) is 11.4 Å². The van der Waals surface area contributed by atoms with Gasteiger partial charge in [-0.1, -0.05) is 15.9 Å². The molecule has 0 aliphatic heterocycles. The topological polar surface area (TPSA) is 38.0 Å². The van der Waals surface area contributed by atoms with E-state index in [-0.39, 0.29) is 5.82 Å². The van der Waals surface area contributed by atoms with Crippen molar-refractivity contribution in [2.75, 3.05) is 11.1 Å². The number of hydrogen-bond acceptors (Lipinski definition) is 2. The van der Waals surface area contributed by atoms with Crippen molar-refractivity contribution in [2.24, 2.45) is 0 Å². The summed E-state index contributed by atoms with van der Waals surface area (Å²) in [5.41, 5.74) is 8.64. The monoisotopic (exact) mass is 294 g/mol. The number of benzene rings is 2. The normalized spacial score (nSPS) is 10.3. The van der Waals surface area contributed by atoms with Gasteiger partial charge in [0.25, 0.3) is 0 Å². The first-order valence-corrected chi connectivity index (χ1v) is 5.93. The lowest BCUT2D eigenvalue weighted by atomic mass is 10.2. The summed E-state index contributed by atoms with van der Waals surface area (Å²) in [6, 6.07) is 10.2. The highest BCUT2D eigenvalue weighted by Gasteiger charge is 2.01. The summed E-state index contributed by atoms with van der Waals surface area (Å²) < 4.78 is 14.2. The molecule has 0 radical (unpaired) electrons. The molecule has 0 bridgehead atoms. The van der Waals surface area contributed by atoms with Gasteiger partial charge in [-0.05, 0) is 48.9 Å². The smallest absolute Gasteiger partial charge is 0.127 e. The molecule has 0 heterocycles. The summed E-state index contributed by atoms with van der Waals surface area (Å²) in [5, 5.41) is 3.11. The maximum absolute atomic E-state index is 13.1. The molecular weight excluding hydrogens is 283 g/mol. The van der Waals surface area contributed by atoms with Crippen LogP contribution in [-0.2, 0) is 0 Å². The van der Waals surface area contributed by atoms with E-state index < -0.39 is 0 Å². The van der Waals surface area contributed by atoms with Crippen LogP contribution in [0.5, 0.6) is 0 Å². The van der Waals surface area contributed by atoms with Gasteiger partial charge in [-0.15, -0.1) is 0 Å². The average molecular weight is 295 g/mol. The maximum atomic E-state index is 13.1. The zero-order valence-electron chi connectivity index (χ0n) is 9.30. The van der Waals surface area contributed by atoms with E-state index in [1.165, 1.54) is 12.1 Å². The second-order valence-corrected chi connectivity index (χ2v) is 4.72. The van der Waals surface area contributed by atoms with Crippen molar-refractivity contribution in [3.63, 3.8) is 0 Å². The summed E-state index contributed by atoms with van der Waals surface area (Å²) in [6.45, 7) is 2.00. The Bertz CT molecular complexity index is 535. The van der Waals surface area contributed by atoms with Gasteiger partial charge < -0.3 is 11.1 Å². The van der Waals surface area contributed by atoms with E-state index in [4.69, 9.17) is 5.73 Å². The Morgan fingerprint density at radius 1 is 1.12 bits per heavy atom. The van der Waals surface area contributed by atoms with Crippen LogP contribution in [0.4, 0.5) is 21.5 Å². The first kappa shape index (κ1) is 11.9. The van der Waals surface area contributed by atoms with Crippen LogP contribution >= 0.6 is 15.9 Å². The first-order valence-electron chi connectivity index (χ1n) is 5.14. The quantitative estimate of drug-likeness (QED) is 0.814. The standard InChI is InChI=1S/C13H12BrFN2/c1-8-4-11(2-3-13(8)14)17-12-6-9(15)5-10(16)7-12/h2-7,17H,16H2,1H3. The third-order valence-corrected chi connectivity index (χ3v) is 3.26. The van der Waals surface area contributed by atoms with E-state index in [1.54, 1.807) is 6.07 Å². The highest BCUT2D eigenvalue weighted by Crippen LogP contribution is 2.24. The molecule has 0 saturated carbocycles. The number of halogens is 2. The number of nitrogens with one attached hydrogen (secondary N) is 1. The molecule has 88 valence electrons. The fraction of sp³-hybridized carbons (Fsp3) is 0.0769. The molecule has 0 aromatic heterocycles. The minimum absolute atomic E-state index is 0.346. The Morgan fingerprint density at radius 3 is 2.53 bits per heavy atom. The average Bonchev–Trinajstić information content (AvgIpc) is 2.22. The molecule has 2 aromatic carbocycles. The van der Waals surface area contributed by atoms with Crippen molar-refractivity contribution in [1.29, 1.82) is 0 Å². The minimum atomic E-state index is -0.346. The van der Waals surface area contributed by atoms with Crippen LogP contribution in [0.3, 0.4) is 0 Å². The number of nitrogens with two attached hydrogens (primary N) is 1. The Balaban J connectivity index is 2.28. The molecule has 17 heavy (non-hydrogen) atoms. The fourth-order valence-corrected chi connectivity index (χ4v) is 1.82. The van der Waals surface area contributed by atoms with Crippen LogP contribution in [0.2, 0.25) is 0 Å². The summed E-state index contributed by atoms with van der Waals surface area (Å²) >= 11 is 3.43. The zero-order chi connectivity index (χ0) is 12.4. The fourth-order valence-electron chi connectivity index (χ4n) is 1.57. The van der Waals surface area contributed by atoms with Gasteiger partial charge in [-0.25, -0.2) is 4.39 Å². The van der Waals surface area contributed by atoms with E-state index in [1.807, 2.05) is 25.1 Å². The van der Waals surface area contributed by atoms with Gasteiger partial charge in [-0.2, -0.15) is 0 Å². The van der Waals surface area contributed by atoms with Crippen molar-refractivity contribution < 1.29 is 4.39 Å². The lowest BCUT2D eigenvalue weighted by Crippen LogP contribution is -1.94. The van der Waals surface area contributed by atoms with Gasteiger partial charge in [0.15, 0.2) is 0 Å². The van der Waals surface area contributed by atoms with Gasteiger partial charge in [-0.3, -0.25) is 0 Å². The molecule has 2 nitrogen and oxygen atoms in total. The lowest BCUT2D eigenvalue weighted by Gasteiger charge is -2.09. The highest BCUT2D eigenvalue weighted by atomic mass is 79.9. The zero-order valence-corrected chi connectivity index (χ0v) is 10.9. The van der Waals surface area contributed by atoms with Gasteiger partial charge in [0.1, 0.15) is 5.82 Å². The van der Waals surface area contributed by atoms with Gasteiger partial charge >= 0.3 is 0 Å². The third kappa shape index (κ3) is 2.97. The van der Waals surface area contributed by atoms with Crippen LogP contribution in [0.15, 0.2) is 40.9 Å². The molecule has 0 spiro atoms. The molecule has 0 fully saturated rings. The lowest BCUT2D eigenvalue weighted by molar-refractivity contribution is 0.629. The molecule has 2 aromatic rings. The van der Waals surface area contributed by atoms with Crippen LogP contribution in [0, 0.1) is 12.7 Å². The summed E-state index contributed by atoms with van der Waals surface area (Å²) in [7, 11) is 0. The Kier molecular flexibility index (Phi) is 3.33. The number of aryl methyl sites for hydroxylation is 1. The number of hydrogen-bond donors (Lipinski definition) is 2. The van der Waals surface area contributed by atoms with Gasteiger partial charge in [0.05, 0.1) is 0 Å². The molecule has 0 aliphatic carbocycles. The molecule has 0 atom stereocenters. The van der Waals surface area contributed by atoms with E-state index in [0.717, 1.165) is 15.7 Å². The van der Waals surface area contributed by atoms with Crippen molar-refractivity contribution in [2.45, 2.75) is 6.92 Å². The van der Waals surface area contributed by atoms with Crippen LogP contribution < -0.4 is 11.1 Å². The third-order valence-electron chi connectivity index (χ3n) is 2.37. The predicted octanol–water partition coefficient (Wildman–Crippen LogP) is 4.22. The number of nitrogen functional groups attached to an aromatic ring is 1. The molecule has 4 heteroatoms. The molecular formula is C13H12BrFN2. The summed E-state index contributed by atoms with van der Waals surface area (Å²) in [5.74, 6) is -0.346. The van der Waals surface area contributed by atoms with Crippen molar-refractivity contribution >= 4 is 33.0 Å². The summed E-state index contributed by atoms with van der Waals surface area (Å²) in [6.07, 6.45) is 0. The SMILES string of the molecule is Cc1cc(Nc2cc(N)cc(F)c2)ccc1Br. The van der Waals surface area contributed by atoms with E-state index in [2.05, 4.69) is 21.2 Å². The van der Waals surface area contributed by atoms with Crippen LogP contribution in [0.1, 0.15) is 5.56 Å². The van der Waals surface area contributed by atoms with Gasteiger partial charge in [0.2, 0.25) is 0 Å². The van der Waals surface area contributed by atoms with E-state index in [9.17, 15) is 4.39 Å². The van der Waals surface area contributed by atoms with Crippen LogP contribution in [-0.4, -0.2) is 0 Å². The molecule has 0 saturated heterocycles. The molecule has 0 amide bonds. The molecule has 3 N–H and O–H groups in total. The van der Waals surface area contributed by atoms with Crippen molar-refractivity contribution in [3.8, 4) is 0 Å². The number of rotatable bonds is 2. The van der Waals surface area contributed by atoms with Crippen molar-refractivity contribution in [3.05, 3.63) is 52.3 Å². The Morgan fingerprint density at radius 2 is 1.88 bits per heavy atom. The number of anilines is 3. The molecule has 0 aliphatic rings. The molecule has 0 unspecified atom stereocenters. The maximum Gasteiger partial charge on any atom is 0.127 e. The van der Waals surface area contributed by atoms with Gasteiger partial charge in [0, 0.05) is 21.5 Å². The molecule has 2 rings (SSSR count). The highest BCUT2D eigenvalue weighted by molar-refractivity contribution is 9.10. The second-order valence-electron chi connectivity index (χ2n) is 3.86. The minimum Gasteiger partial charge on any atom is -0.399 e.